The molecule has 1 aliphatic rings. The van der Waals surface area contributed by atoms with Gasteiger partial charge in [-0.05, 0) is 43.5 Å². The molecule has 5 nitrogen and oxygen atoms in total. The molecule has 136 valence electrons. The Hall–Kier alpha value is -3.34. The third-order valence-corrected chi connectivity index (χ3v) is 4.46. The van der Waals surface area contributed by atoms with Crippen LogP contribution in [0.5, 0.6) is 11.5 Å². The van der Waals surface area contributed by atoms with Crippen LogP contribution in [-0.4, -0.2) is 11.3 Å². The molecule has 2 heterocycles. The standard InChI is InChI=1S/C22H19NO4/c1-14-5-7-15(8-6-14)13-26-16-9-10-19-17(12-16)20(24)21(25)22(27-19)18-4-2-3-11-23-18/h4-12,25H,2-3,13H2,1H3. The number of aryl methyl sites for hydroxylation is 1. The Morgan fingerprint density at radius 3 is 2.70 bits per heavy atom. The molecule has 0 saturated heterocycles. The first kappa shape index (κ1) is 17.1. The Bertz CT molecular complexity index is 1110. The summed E-state index contributed by atoms with van der Waals surface area (Å²) in [5, 5.41) is 10.6. The first-order chi connectivity index (χ1) is 13.1. The van der Waals surface area contributed by atoms with E-state index in [1.165, 1.54) is 5.56 Å². The monoisotopic (exact) mass is 361 g/mol. The quantitative estimate of drug-likeness (QED) is 0.738. The molecule has 0 fully saturated rings. The van der Waals surface area contributed by atoms with E-state index in [-0.39, 0.29) is 11.1 Å². The van der Waals surface area contributed by atoms with Gasteiger partial charge in [0.25, 0.3) is 0 Å². The molecule has 5 heteroatoms. The van der Waals surface area contributed by atoms with E-state index in [0.717, 1.165) is 18.4 Å². The molecule has 3 aromatic rings. The average molecular weight is 361 g/mol. The highest BCUT2D eigenvalue weighted by atomic mass is 16.5. The highest BCUT2D eigenvalue weighted by Crippen LogP contribution is 2.30. The van der Waals surface area contributed by atoms with Crippen molar-refractivity contribution < 1.29 is 14.3 Å². The minimum atomic E-state index is -0.492. The van der Waals surface area contributed by atoms with Gasteiger partial charge < -0.3 is 14.3 Å². The van der Waals surface area contributed by atoms with Crippen LogP contribution in [0.15, 0.2) is 62.7 Å². The summed E-state index contributed by atoms with van der Waals surface area (Å²) in [5.74, 6) is 0.220. The summed E-state index contributed by atoms with van der Waals surface area (Å²) in [7, 11) is 0. The number of aromatic hydroxyl groups is 1. The second kappa shape index (κ2) is 7.11. The summed E-state index contributed by atoms with van der Waals surface area (Å²) in [6, 6.07) is 13.1. The van der Waals surface area contributed by atoms with Gasteiger partial charge in [0.2, 0.25) is 11.2 Å². The van der Waals surface area contributed by atoms with E-state index in [0.29, 0.717) is 23.6 Å². The van der Waals surface area contributed by atoms with Gasteiger partial charge in [0.05, 0.1) is 5.39 Å². The fourth-order valence-corrected chi connectivity index (χ4v) is 2.94. The number of aliphatic imine (C=N–C) groups is 1. The molecule has 2 aromatic carbocycles. The summed E-state index contributed by atoms with van der Waals surface area (Å²) in [4.78, 5) is 16.8. The highest BCUT2D eigenvalue weighted by Gasteiger charge is 2.18. The first-order valence-electron chi connectivity index (χ1n) is 8.83. The number of ether oxygens (including phenoxy) is 1. The van der Waals surface area contributed by atoms with Gasteiger partial charge in [-0.15, -0.1) is 0 Å². The lowest BCUT2D eigenvalue weighted by Crippen LogP contribution is -2.05. The van der Waals surface area contributed by atoms with Gasteiger partial charge in [-0.1, -0.05) is 35.9 Å². The largest absolute Gasteiger partial charge is 0.501 e. The van der Waals surface area contributed by atoms with Gasteiger partial charge in [-0.25, -0.2) is 0 Å². The number of benzene rings is 2. The van der Waals surface area contributed by atoms with Gasteiger partial charge in [-0.3, -0.25) is 9.79 Å². The molecular formula is C22H19NO4. The maximum atomic E-state index is 12.6. The zero-order chi connectivity index (χ0) is 18.8. The zero-order valence-electron chi connectivity index (χ0n) is 14.9. The Labute approximate surface area is 156 Å². The summed E-state index contributed by atoms with van der Waals surface area (Å²) in [6.45, 7) is 2.42. The molecular weight excluding hydrogens is 342 g/mol. The fraction of sp³-hybridized carbons (Fsp3) is 0.182. The van der Waals surface area contributed by atoms with Crippen LogP contribution in [0.4, 0.5) is 0 Å². The van der Waals surface area contributed by atoms with Crippen molar-refractivity contribution >= 4 is 22.9 Å². The van der Waals surface area contributed by atoms with Crippen LogP contribution in [0.3, 0.4) is 0 Å². The number of fused-ring (bicyclic) bond motifs is 1. The van der Waals surface area contributed by atoms with E-state index >= 15 is 0 Å². The number of rotatable bonds is 4. The predicted octanol–water partition coefficient (Wildman–Crippen LogP) is 4.59. The smallest absolute Gasteiger partial charge is 0.235 e. The summed E-state index contributed by atoms with van der Waals surface area (Å²) >= 11 is 0. The fourth-order valence-electron chi connectivity index (χ4n) is 2.94. The van der Waals surface area contributed by atoms with Crippen LogP contribution < -0.4 is 10.2 Å². The van der Waals surface area contributed by atoms with Gasteiger partial charge in [-0.2, -0.15) is 0 Å². The van der Waals surface area contributed by atoms with E-state index in [1.807, 2.05) is 37.3 Å². The van der Waals surface area contributed by atoms with Crippen molar-refractivity contribution in [1.29, 1.82) is 0 Å². The molecule has 0 radical (unpaired) electrons. The van der Waals surface area contributed by atoms with Crippen molar-refractivity contribution in [3.63, 3.8) is 0 Å². The van der Waals surface area contributed by atoms with E-state index in [2.05, 4.69) is 4.99 Å². The van der Waals surface area contributed by atoms with Crippen LogP contribution in [0, 0.1) is 6.92 Å². The van der Waals surface area contributed by atoms with Crippen molar-refractivity contribution in [2.75, 3.05) is 0 Å². The molecule has 0 aliphatic carbocycles. The van der Waals surface area contributed by atoms with Crippen molar-refractivity contribution in [2.24, 2.45) is 4.99 Å². The van der Waals surface area contributed by atoms with Gasteiger partial charge >= 0.3 is 0 Å². The molecule has 0 saturated carbocycles. The predicted molar refractivity (Wildman–Crippen MR) is 105 cm³/mol. The normalized spacial score (nSPS) is 13.6. The van der Waals surface area contributed by atoms with Crippen LogP contribution in [-0.2, 0) is 6.61 Å². The minimum absolute atomic E-state index is 0.108. The average Bonchev–Trinajstić information content (AvgIpc) is 2.71. The lowest BCUT2D eigenvalue weighted by atomic mass is 10.1. The van der Waals surface area contributed by atoms with Gasteiger partial charge in [0, 0.05) is 6.21 Å². The lowest BCUT2D eigenvalue weighted by Gasteiger charge is -2.10. The molecule has 0 bridgehead atoms. The number of hydrogen-bond donors (Lipinski definition) is 1. The molecule has 0 spiro atoms. The number of allylic oxidation sites excluding steroid dienone is 1. The molecule has 1 aliphatic heterocycles. The number of hydrogen-bond acceptors (Lipinski definition) is 5. The van der Waals surface area contributed by atoms with E-state index < -0.39 is 11.2 Å². The molecule has 0 amide bonds. The van der Waals surface area contributed by atoms with Crippen LogP contribution >= 0.6 is 0 Å². The third-order valence-electron chi connectivity index (χ3n) is 4.46. The Kier molecular flexibility index (Phi) is 4.50. The Morgan fingerprint density at radius 2 is 1.96 bits per heavy atom. The summed E-state index contributed by atoms with van der Waals surface area (Å²) in [6.07, 6.45) is 5.24. The third kappa shape index (κ3) is 3.49. The topological polar surface area (TPSA) is 72.0 Å². The molecule has 0 atom stereocenters. The van der Waals surface area contributed by atoms with E-state index in [1.54, 1.807) is 24.4 Å². The van der Waals surface area contributed by atoms with Crippen LogP contribution in [0.2, 0.25) is 0 Å². The van der Waals surface area contributed by atoms with Crippen molar-refractivity contribution in [3.8, 4) is 11.5 Å². The maximum Gasteiger partial charge on any atom is 0.235 e. The maximum absolute atomic E-state index is 12.6. The van der Waals surface area contributed by atoms with Gasteiger partial charge in [0.15, 0.2) is 5.76 Å². The Morgan fingerprint density at radius 1 is 1.15 bits per heavy atom. The zero-order valence-corrected chi connectivity index (χ0v) is 14.9. The van der Waals surface area contributed by atoms with Gasteiger partial charge in [0.1, 0.15) is 23.6 Å². The van der Waals surface area contributed by atoms with E-state index in [4.69, 9.17) is 9.15 Å². The second-order valence-corrected chi connectivity index (χ2v) is 6.52. The molecule has 4 rings (SSSR count). The Balaban J connectivity index is 1.65. The molecule has 1 aromatic heterocycles. The van der Waals surface area contributed by atoms with Crippen molar-refractivity contribution in [3.05, 3.63) is 75.7 Å². The number of nitrogens with zero attached hydrogens (tertiary/aromatic N) is 1. The summed E-state index contributed by atoms with van der Waals surface area (Å²) in [5.41, 5.74) is 2.60. The molecule has 1 N–H and O–H groups in total. The summed E-state index contributed by atoms with van der Waals surface area (Å²) < 4.78 is 11.5. The van der Waals surface area contributed by atoms with Crippen LogP contribution in [0.1, 0.15) is 29.7 Å². The second-order valence-electron chi connectivity index (χ2n) is 6.52. The minimum Gasteiger partial charge on any atom is -0.501 e. The van der Waals surface area contributed by atoms with Crippen LogP contribution in [0.25, 0.3) is 16.7 Å². The lowest BCUT2D eigenvalue weighted by molar-refractivity contribution is 0.306. The highest BCUT2D eigenvalue weighted by molar-refractivity contribution is 5.84. The first-order valence-corrected chi connectivity index (χ1v) is 8.83. The van der Waals surface area contributed by atoms with E-state index in [9.17, 15) is 9.90 Å². The molecule has 27 heavy (non-hydrogen) atoms. The van der Waals surface area contributed by atoms with Crippen molar-refractivity contribution in [2.45, 2.75) is 26.4 Å². The van der Waals surface area contributed by atoms with Crippen molar-refractivity contribution in [1.82, 2.24) is 0 Å². The molecule has 0 unspecified atom stereocenters. The SMILES string of the molecule is Cc1ccc(COc2ccc3oc(C4=CCCC=N4)c(O)c(=O)c3c2)cc1.